The largest absolute Gasteiger partial charge is 0.481 e. The van der Waals surface area contributed by atoms with E-state index < -0.39 is 35.8 Å². The summed E-state index contributed by atoms with van der Waals surface area (Å²) in [4.78, 5) is 78.4. The second-order valence-corrected chi connectivity index (χ2v) is 16.9. The lowest BCUT2D eigenvalue weighted by Crippen LogP contribution is -2.21. The third kappa shape index (κ3) is 34.2. The predicted molar refractivity (Wildman–Crippen MR) is 246 cm³/mol. The zero-order chi connectivity index (χ0) is 47.5. The van der Waals surface area contributed by atoms with Crippen molar-refractivity contribution in [2.24, 2.45) is 17.8 Å². The van der Waals surface area contributed by atoms with E-state index in [0.29, 0.717) is 22.7 Å². The molecule has 0 saturated heterocycles. The molecule has 19 heteroatoms. The van der Waals surface area contributed by atoms with Crippen LogP contribution >= 0.6 is 35.3 Å². The summed E-state index contributed by atoms with van der Waals surface area (Å²) in [6.07, 6.45) is 0.934. The molecule has 0 amide bonds. The van der Waals surface area contributed by atoms with Crippen LogP contribution in [0.4, 0.5) is 5.69 Å². The number of nitrogen functional groups attached to an aromatic ring is 1. The lowest BCUT2D eigenvalue weighted by Gasteiger charge is -2.11. The SMILES string of the molecule is C=C(C)C(=O)OCCOC(=O)C(C)CSCC(=O)O.C=C(C)C(=O)OCCOC(=O)C(C)CSCCNC.C=C(C)C(=O)OCCOC(=O)C(C)CSCCc1ccc(N)cc1. The van der Waals surface area contributed by atoms with Gasteiger partial charge in [0, 0.05) is 52.0 Å². The van der Waals surface area contributed by atoms with Gasteiger partial charge in [-0.15, -0.1) is 11.8 Å². The van der Waals surface area contributed by atoms with Gasteiger partial charge in [-0.05, 0) is 57.7 Å². The molecule has 0 heterocycles. The summed E-state index contributed by atoms with van der Waals surface area (Å²) < 4.78 is 29.4. The fourth-order valence-electron chi connectivity index (χ4n) is 3.72. The third-order valence-corrected chi connectivity index (χ3v) is 10.9. The molecule has 1 rings (SSSR count). The van der Waals surface area contributed by atoms with Crippen LogP contribution in [0.5, 0.6) is 0 Å². The molecule has 0 fully saturated rings. The van der Waals surface area contributed by atoms with E-state index >= 15 is 0 Å². The van der Waals surface area contributed by atoms with Crippen LogP contribution in [0.25, 0.3) is 0 Å². The van der Waals surface area contributed by atoms with Gasteiger partial charge in [0.05, 0.1) is 23.5 Å². The number of benzene rings is 1. The van der Waals surface area contributed by atoms with Crippen molar-refractivity contribution in [1.29, 1.82) is 0 Å². The first kappa shape index (κ1) is 59.6. The fraction of sp³-hybridized carbons (Fsp3) is 0.558. The number of rotatable bonds is 29. The number of carboxylic acid groups (broad SMARTS) is 1. The minimum Gasteiger partial charge on any atom is -0.481 e. The Morgan fingerprint density at radius 1 is 0.597 bits per heavy atom. The van der Waals surface area contributed by atoms with Gasteiger partial charge in [-0.25, -0.2) is 14.4 Å². The van der Waals surface area contributed by atoms with Gasteiger partial charge in [0.2, 0.25) is 0 Å². The van der Waals surface area contributed by atoms with Crippen LogP contribution in [-0.4, -0.2) is 135 Å². The average Bonchev–Trinajstić information content (AvgIpc) is 3.22. The lowest BCUT2D eigenvalue weighted by atomic mass is 10.2. The first-order valence-electron chi connectivity index (χ1n) is 19.6. The van der Waals surface area contributed by atoms with Gasteiger partial charge in [0.15, 0.2) is 0 Å². The average molecular weight is 931 g/mol. The Balaban J connectivity index is 0. The van der Waals surface area contributed by atoms with Crippen molar-refractivity contribution >= 4 is 82.8 Å². The van der Waals surface area contributed by atoms with Crippen LogP contribution in [0.1, 0.15) is 47.1 Å². The van der Waals surface area contributed by atoms with E-state index in [1.807, 2.05) is 45.2 Å². The Kier molecular flexibility index (Phi) is 35.7. The summed E-state index contributed by atoms with van der Waals surface area (Å²) >= 11 is 4.56. The number of hydrogen-bond acceptors (Lipinski definition) is 18. The van der Waals surface area contributed by atoms with Crippen molar-refractivity contribution in [2.45, 2.75) is 48.0 Å². The van der Waals surface area contributed by atoms with Crippen molar-refractivity contribution < 1.29 is 67.1 Å². The molecule has 1 aromatic rings. The highest BCUT2D eigenvalue weighted by Crippen LogP contribution is 2.14. The number of carbonyl (C=O) groups excluding carboxylic acids is 6. The third-order valence-electron chi connectivity index (χ3n) is 7.28. The van der Waals surface area contributed by atoms with Crippen molar-refractivity contribution in [3.05, 3.63) is 66.3 Å². The number of aliphatic carboxylic acids is 1. The molecule has 0 radical (unpaired) electrons. The van der Waals surface area contributed by atoms with E-state index in [1.165, 1.54) is 12.5 Å². The molecular formula is C43H66N2O14S3. The molecule has 1 aromatic carbocycles. The van der Waals surface area contributed by atoms with Crippen LogP contribution in [0.15, 0.2) is 60.7 Å². The molecule has 0 aromatic heterocycles. The molecule has 0 aliphatic heterocycles. The molecule has 62 heavy (non-hydrogen) atoms. The molecule has 3 atom stereocenters. The normalized spacial score (nSPS) is 11.6. The van der Waals surface area contributed by atoms with Crippen LogP contribution in [0.2, 0.25) is 0 Å². The Hall–Kier alpha value is -4.46. The standard InChI is InChI=1S/C18H25NO4S.C13H23NO4S.C12H18O6S/c1-13(2)17(20)22-9-10-23-18(21)14(3)12-24-11-8-15-4-6-16(19)7-5-15;1-10(2)12(15)17-6-7-18-13(16)11(3)9-19-8-5-14-4;1-8(2)11(15)17-4-5-18-12(16)9(3)6-19-7-10(13)14/h4-7,14H,1,8-12,19H2,2-3H3;11,14H,1,5-9H2,2-4H3;9H,1,4-7H2,2-3H3,(H,13,14). The maximum absolute atomic E-state index is 11.8. The van der Waals surface area contributed by atoms with E-state index in [9.17, 15) is 33.6 Å². The van der Waals surface area contributed by atoms with Crippen molar-refractivity contribution in [1.82, 2.24) is 5.32 Å². The molecule has 0 bridgehead atoms. The Bertz CT molecular complexity index is 1570. The number of esters is 6. The van der Waals surface area contributed by atoms with Gasteiger partial charge >= 0.3 is 41.8 Å². The molecule has 3 unspecified atom stereocenters. The maximum atomic E-state index is 11.8. The van der Waals surface area contributed by atoms with E-state index in [2.05, 4.69) is 25.1 Å². The monoisotopic (exact) mass is 930 g/mol. The Labute approximate surface area is 379 Å². The van der Waals surface area contributed by atoms with Gasteiger partial charge in [0.1, 0.15) is 39.6 Å². The highest BCUT2D eigenvalue weighted by Gasteiger charge is 2.17. The summed E-state index contributed by atoms with van der Waals surface area (Å²) in [7, 11) is 1.89. The predicted octanol–water partition coefficient (Wildman–Crippen LogP) is 5.18. The van der Waals surface area contributed by atoms with Crippen LogP contribution < -0.4 is 11.1 Å². The molecule has 0 aliphatic carbocycles. The first-order chi connectivity index (χ1) is 29.2. The smallest absolute Gasteiger partial charge is 0.333 e. The first-order valence-corrected chi connectivity index (χ1v) is 23.1. The van der Waals surface area contributed by atoms with E-state index in [4.69, 9.17) is 39.3 Å². The van der Waals surface area contributed by atoms with Crippen LogP contribution in [-0.2, 0) is 68.4 Å². The number of hydrogen-bond donors (Lipinski definition) is 3. The van der Waals surface area contributed by atoms with E-state index in [0.717, 1.165) is 47.7 Å². The molecule has 350 valence electrons. The number of nitrogens with two attached hydrogens (primary N) is 1. The number of anilines is 1. The van der Waals surface area contributed by atoms with Crippen molar-refractivity contribution in [3.8, 4) is 0 Å². The number of carboxylic acids is 1. The van der Waals surface area contributed by atoms with Gasteiger partial charge in [-0.2, -0.15) is 23.5 Å². The number of thioether (sulfide) groups is 3. The summed E-state index contributed by atoms with van der Waals surface area (Å²) in [5, 5.41) is 11.5. The zero-order valence-corrected chi connectivity index (χ0v) is 39.6. The highest BCUT2D eigenvalue weighted by molar-refractivity contribution is 8.00. The molecule has 0 aliphatic rings. The molecule has 16 nitrogen and oxygen atoms in total. The van der Waals surface area contributed by atoms with Crippen molar-refractivity contribution in [2.75, 3.05) is 93.5 Å². The van der Waals surface area contributed by atoms with Crippen LogP contribution in [0, 0.1) is 17.8 Å². The number of aryl methyl sites for hydroxylation is 1. The van der Waals surface area contributed by atoms with E-state index in [-0.39, 0.29) is 74.7 Å². The van der Waals surface area contributed by atoms with Gasteiger partial charge in [-0.1, -0.05) is 52.6 Å². The second-order valence-electron chi connectivity index (χ2n) is 13.6. The minimum atomic E-state index is -0.919. The fourth-order valence-corrected chi connectivity index (χ4v) is 6.55. The van der Waals surface area contributed by atoms with Crippen molar-refractivity contribution in [3.63, 3.8) is 0 Å². The van der Waals surface area contributed by atoms with Gasteiger partial charge < -0.3 is 44.6 Å². The van der Waals surface area contributed by atoms with Crippen LogP contribution in [0.3, 0.4) is 0 Å². The molecule has 4 N–H and O–H groups in total. The summed E-state index contributed by atoms with van der Waals surface area (Å²) in [5.41, 5.74) is 8.58. The maximum Gasteiger partial charge on any atom is 0.333 e. The summed E-state index contributed by atoms with van der Waals surface area (Å²) in [6.45, 7) is 21.5. The second kappa shape index (κ2) is 37.1. The Morgan fingerprint density at radius 3 is 1.27 bits per heavy atom. The lowest BCUT2D eigenvalue weighted by molar-refractivity contribution is -0.152. The molecular weight excluding hydrogens is 865 g/mol. The quantitative estimate of drug-likeness (QED) is 0.0309. The van der Waals surface area contributed by atoms with E-state index in [1.54, 1.807) is 44.3 Å². The summed E-state index contributed by atoms with van der Waals surface area (Å²) in [5.74, 6) is -0.479. The van der Waals surface area contributed by atoms with Gasteiger partial charge in [-0.3, -0.25) is 19.2 Å². The number of ether oxygens (including phenoxy) is 6. The Morgan fingerprint density at radius 2 is 0.935 bits per heavy atom. The number of carbonyl (C=O) groups is 7. The molecule has 0 spiro atoms. The summed E-state index contributed by atoms with van der Waals surface area (Å²) in [6, 6.07) is 7.81. The zero-order valence-electron chi connectivity index (χ0n) is 37.1. The highest BCUT2D eigenvalue weighted by atomic mass is 32.2. The molecule has 0 saturated carbocycles. The topological polar surface area (TPSA) is 233 Å². The minimum absolute atomic E-state index is 0.0214. The number of nitrogens with one attached hydrogen (secondary N) is 1. The van der Waals surface area contributed by atoms with Gasteiger partial charge in [0.25, 0.3) is 0 Å².